The number of aromatic nitrogens is 2. The van der Waals surface area contributed by atoms with Gasteiger partial charge < -0.3 is 9.64 Å². The lowest BCUT2D eigenvalue weighted by Crippen LogP contribution is -2.43. The standard InChI is InChI=1S/C23H37ClN4O3S/c1-17(2)32(29,30)28-11-5-18(6-12-28)15-31-16-20-3-4-22(20)19-7-9-27(10-8-19)23-25-13-21(24)14-26-23/h13-14,17-20,22H,3-12,15-16H2,1-2H3. The summed E-state index contributed by atoms with van der Waals surface area (Å²) in [6.45, 7) is 8.43. The number of sulfonamides is 1. The van der Waals surface area contributed by atoms with E-state index in [2.05, 4.69) is 14.9 Å². The smallest absolute Gasteiger partial charge is 0.225 e. The van der Waals surface area contributed by atoms with Crippen LogP contribution < -0.4 is 4.90 Å². The number of hydrogen-bond donors (Lipinski definition) is 0. The summed E-state index contributed by atoms with van der Waals surface area (Å²) < 4.78 is 32.5. The Labute approximate surface area is 197 Å². The molecule has 0 aromatic carbocycles. The van der Waals surface area contributed by atoms with E-state index < -0.39 is 10.0 Å². The van der Waals surface area contributed by atoms with Crippen LogP contribution in [0.3, 0.4) is 0 Å². The van der Waals surface area contributed by atoms with E-state index in [4.69, 9.17) is 16.3 Å². The quantitative estimate of drug-likeness (QED) is 0.558. The molecule has 2 saturated heterocycles. The zero-order valence-corrected chi connectivity index (χ0v) is 20.9. The summed E-state index contributed by atoms with van der Waals surface area (Å²) in [6, 6.07) is 0. The largest absolute Gasteiger partial charge is 0.381 e. The molecule has 180 valence electrons. The molecule has 3 heterocycles. The molecule has 3 fully saturated rings. The molecular formula is C23H37ClN4O3S. The predicted octanol–water partition coefficient (Wildman–Crippen LogP) is 3.84. The summed E-state index contributed by atoms with van der Waals surface area (Å²) in [7, 11) is -3.12. The van der Waals surface area contributed by atoms with E-state index in [1.165, 1.54) is 25.7 Å². The summed E-state index contributed by atoms with van der Waals surface area (Å²) >= 11 is 5.90. The first-order chi connectivity index (χ1) is 15.3. The Balaban J connectivity index is 1.15. The number of nitrogens with zero attached hydrogens (tertiary/aromatic N) is 4. The number of rotatable bonds is 8. The van der Waals surface area contributed by atoms with Gasteiger partial charge >= 0.3 is 0 Å². The van der Waals surface area contributed by atoms with Crippen LogP contribution in [0.5, 0.6) is 0 Å². The second-order valence-corrected chi connectivity index (χ2v) is 12.9. The zero-order chi connectivity index (χ0) is 22.7. The van der Waals surface area contributed by atoms with Crippen molar-refractivity contribution in [2.45, 2.75) is 57.6 Å². The lowest BCUT2D eigenvalue weighted by atomic mass is 9.65. The minimum absolute atomic E-state index is 0.337. The fourth-order valence-electron chi connectivity index (χ4n) is 5.43. The van der Waals surface area contributed by atoms with E-state index in [1.807, 2.05) is 0 Å². The minimum atomic E-state index is -3.12. The van der Waals surface area contributed by atoms with Crippen LogP contribution in [0.15, 0.2) is 12.4 Å². The number of anilines is 1. The van der Waals surface area contributed by atoms with Crippen molar-refractivity contribution in [2.75, 3.05) is 44.3 Å². The molecule has 1 aliphatic carbocycles. The Morgan fingerprint density at radius 1 is 1.00 bits per heavy atom. The van der Waals surface area contributed by atoms with E-state index >= 15 is 0 Å². The van der Waals surface area contributed by atoms with Crippen LogP contribution in [0.2, 0.25) is 5.02 Å². The Morgan fingerprint density at radius 3 is 2.22 bits per heavy atom. The van der Waals surface area contributed by atoms with Gasteiger partial charge in [-0.25, -0.2) is 22.7 Å². The van der Waals surface area contributed by atoms with Crippen LogP contribution in [0.4, 0.5) is 5.95 Å². The SMILES string of the molecule is CC(C)S(=O)(=O)N1CCC(COCC2CCC2C2CCN(c3ncc(Cl)cn3)CC2)CC1. The third-order valence-corrected chi connectivity index (χ3v) is 10.2. The topological polar surface area (TPSA) is 75.6 Å². The van der Waals surface area contributed by atoms with Gasteiger partial charge in [0.2, 0.25) is 16.0 Å². The molecule has 32 heavy (non-hydrogen) atoms. The summed E-state index contributed by atoms with van der Waals surface area (Å²) in [4.78, 5) is 11.0. The van der Waals surface area contributed by atoms with Crippen LogP contribution in [0.25, 0.3) is 0 Å². The van der Waals surface area contributed by atoms with Gasteiger partial charge in [-0.3, -0.25) is 0 Å². The van der Waals surface area contributed by atoms with Crippen LogP contribution in [-0.4, -0.2) is 67.3 Å². The monoisotopic (exact) mass is 484 g/mol. The Bertz CT molecular complexity index is 835. The highest BCUT2D eigenvalue weighted by Gasteiger charge is 2.38. The number of ether oxygens (including phenoxy) is 1. The second-order valence-electron chi connectivity index (χ2n) is 10.0. The van der Waals surface area contributed by atoms with E-state index in [0.29, 0.717) is 29.9 Å². The molecular weight excluding hydrogens is 448 g/mol. The third kappa shape index (κ3) is 5.57. The molecule has 0 N–H and O–H groups in total. The average molecular weight is 485 g/mol. The highest BCUT2D eigenvalue weighted by molar-refractivity contribution is 7.89. The van der Waals surface area contributed by atoms with E-state index in [0.717, 1.165) is 56.9 Å². The van der Waals surface area contributed by atoms with Crippen molar-refractivity contribution in [3.8, 4) is 0 Å². The fourth-order valence-corrected chi connectivity index (χ4v) is 6.85. The maximum atomic E-state index is 12.3. The molecule has 9 heteroatoms. The van der Waals surface area contributed by atoms with Gasteiger partial charge in [0, 0.05) is 39.4 Å². The third-order valence-electron chi connectivity index (χ3n) is 7.73. The molecule has 0 amide bonds. The maximum absolute atomic E-state index is 12.3. The van der Waals surface area contributed by atoms with Gasteiger partial charge in [-0.2, -0.15) is 0 Å². The van der Waals surface area contributed by atoms with Crippen LogP contribution in [0, 0.1) is 23.7 Å². The van der Waals surface area contributed by atoms with Gasteiger partial charge in [0.15, 0.2) is 0 Å². The molecule has 4 rings (SSSR count). The van der Waals surface area contributed by atoms with Gasteiger partial charge in [0.25, 0.3) is 0 Å². The predicted molar refractivity (Wildman–Crippen MR) is 127 cm³/mol. The van der Waals surface area contributed by atoms with Crippen molar-refractivity contribution in [1.29, 1.82) is 0 Å². The number of halogens is 1. The summed E-state index contributed by atoms with van der Waals surface area (Å²) in [5.74, 6) is 3.50. The molecule has 1 aromatic heterocycles. The van der Waals surface area contributed by atoms with Crippen molar-refractivity contribution in [3.63, 3.8) is 0 Å². The minimum Gasteiger partial charge on any atom is -0.381 e. The molecule has 7 nitrogen and oxygen atoms in total. The van der Waals surface area contributed by atoms with Crippen molar-refractivity contribution in [1.82, 2.24) is 14.3 Å². The highest BCUT2D eigenvalue weighted by Crippen LogP contribution is 2.44. The van der Waals surface area contributed by atoms with E-state index in [-0.39, 0.29) is 5.25 Å². The first-order valence-electron chi connectivity index (χ1n) is 12.1. The lowest BCUT2D eigenvalue weighted by Gasteiger charge is -2.45. The van der Waals surface area contributed by atoms with Crippen molar-refractivity contribution in [2.24, 2.45) is 23.7 Å². The summed E-state index contributed by atoms with van der Waals surface area (Å²) in [6.07, 6.45) is 10.1. The van der Waals surface area contributed by atoms with Crippen molar-refractivity contribution >= 4 is 27.6 Å². The molecule has 0 spiro atoms. The van der Waals surface area contributed by atoms with E-state index in [9.17, 15) is 8.42 Å². The first-order valence-corrected chi connectivity index (χ1v) is 14.0. The first kappa shape index (κ1) is 24.2. The van der Waals surface area contributed by atoms with Gasteiger partial charge in [0.05, 0.1) is 22.7 Å². The number of hydrogen-bond acceptors (Lipinski definition) is 6. The molecule has 1 saturated carbocycles. The van der Waals surface area contributed by atoms with Crippen molar-refractivity contribution in [3.05, 3.63) is 17.4 Å². The normalized spacial score (nSPS) is 26.4. The fraction of sp³-hybridized carbons (Fsp3) is 0.826. The highest BCUT2D eigenvalue weighted by atomic mass is 35.5. The molecule has 2 atom stereocenters. The Hall–Kier alpha value is -0.960. The van der Waals surface area contributed by atoms with Crippen LogP contribution >= 0.6 is 11.6 Å². The maximum Gasteiger partial charge on any atom is 0.225 e. The van der Waals surface area contributed by atoms with E-state index in [1.54, 1.807) is 30.5 Å². The summed E-state index contributed by atoms with van der Waals surface area (Å²) in [5, 5.41) is 0.239. The molecule has 2 aliphatic heterocycles. The molecule has 2 unspecified atom stereocenters. The average Bonchev–Trinajstić information content (AvgIpc) is 2.77. The van der Waals surface area contributed by atoms with Crippen molar-refractivity contribution < 1.29 is 13.2 Å². The lowest BCUT2D eigenvalue weighted by molar-refractivity contribution is -0.0139. The van der Waals surface area contributed by atoms with Crippen LogP contribution in [0.1, 0.15) is 52.4 Å². The molecule has 0 radical (unpaired) electrons. The van der Waals surface area contributed by atoms with Gasteiger partial charge in [0.1, 0.15) is 0 Å². The second kappa shape index (κ2) is 10.5. The molecule has 1 aromatic rings. The Kier molecular flexibility index (Phi) is 7.96. The van der Waals surface area contributed by atoms with Gasteiger partial charge in [-0.05, 0) is 76.0 Å². The Morgan fingerprint density at radius 2 is 1.66 bits per heavy atom. The summed E-state index contributed by atoms with van der Waals surface area (Å²) in [5.41, 5.74) is 0. The van der Waals surface area contributed by atoms with Gasteiger partial charge in [-0.1, -0.05) is 11.6 Å². The molecule has 0 bridgehead atoms. The zero-order valence-electron chi connectivity index (χ0n) is 19.3. The van der Waals surface area contributed by atoms with Crippen LogP contribution in [-0.2, 0) is 14.8 Å². The van der Waals surface area contributed by atoms with Gasteiger partial charge in [-0.15, -0.1) is 0 Å². The number of piperidine rings is 2. The molecule has 3 aliphatic rings.